The van der Waals surface area contributed by atoms with Gasteiger partial charge in [-0.2, -0.15) is 0 Å². The monoisotopic (exact) mass is 321 g/mol. The first kappa shape index (κ1) is 18.7. The summed E-state index contributed by atoms with van der Waals surface area (Å²) in [6.07, 6.45) is -0.246. The van der Waals surface area contributed by atoms with Crippen LogP contribution in [0.1, 0.15) is 32.8 Å². The number of rotatable bonds is 6. The van der Waals surface area contributed by atoms with Crippen LogP contribution in [0.15, 0.2) is 30.3 Å². The molecule has 1 rings (SSSR count). The largest absolute Gasteiger partial charge is 0.467 e. The molecule has 6 heteroatoms. The Hall–Kier alpha value is -2.37. The molecule has 1 aromatic rings. The molecule has 0 bridgehead atoms. The zero-order valence-electron chi connectivity index (χ0n) is 13.9. The van der Waals surface area contributed by atoms with Crippen LogP contribution in [0.5, 0.6) is 0 Å². The Labute approximate surface area is 136 Å². The molecule has 1 atom stereocenters. The lowest BCUT2D eigenvalue weighted by atomic mass is 10.0. The van der Waals surface area contributed by atoms with Crippen molar-refractivity contribution in [2.45, 2.75) is 45.3 Å². The lowest BCUT2D eigenvalue weighted by molar-refractivity contribution is -0.146. The van der Waals surface area contributed by atoms with Crippen LogP contribution < -0.4 is 5.32 Å². The summed E-state index contributed by atoms with van der Waals surface area (Å²) in [5, 5.41) is 2.28. The average molecular weight is 321 g/mol. The first-order chi connectivity index (χ1) is 10.7. The molecule has 1 aromatic carbocycles. The number of methoxy groups -OCH3 is 1. The summed E-state index contributed by atoms with van der Waals surface area (Å²) in [6, 6.07) is 8.04. The molecule has 0 radical (unpaired) electrons. The number of amides is 1. The van der Waals surface area contributed by atoms with Crippen molar-refractivity contribution in [1.82, 2.24) is 5.32 Å². The van der Waals surface area contributed by atoms with E-state index in [1.54, 1.807) is 20.8 Å². The summed E-state index contributed by atoms with van der Waals surface area (Å²) in [5.41, 5.74) is 0.249. The molecule has 0 aliphatic rings. The second-order valence-electron chi connectivity index (χ2n) is 6.05. The van der Waals surface area contributed by atoms with Crippen LogP contribution in [0.4, 0.5) is 4.79 Å². The Kier molecular flexibility index (Phi) is 6.75. The highest BCUT2D eigenvalue weighted by Gasteiger charge is 2.30. The molecule has 0 aliphatic heterocycles. The van der Waals surface area contributed by atoms with Gasteiger partial charge in [0.1, 0.15) is 5.60 Å². The van der Waals surface area contributed by atoms with Crippen molar-refractivity contribution in [2.24, 2.45) is 0 Å². The van der Waals surface area contributed by atoms with Crippen molar-refractivity contribution in [3.63, 3.8) is 0 Å². The van der Waals surface area contributed by atoms with Gasteiger partial charge >= 0.3 is 12.1 Å². The predicted octanol–water partition coefficient (Wildman–Crippen LogP) is 2.25. The summed E-state index contributed by atoms with van der Waals surface area (Å²) in [4.78, 5) is 35.8. The standard InChI is InChI=1S/C17H23NO5/c1-17(2,3)23-16(21)18-14(15(20)22-4)13(19)11-10-12-8-6-5-7-9-12/h5-9,14H,10-11H2,1-4H3,(H,18,21). The zero-order valence-corrected chi connectivity index (χ0v) is 13.9. The Morgan fingerprint density at radius 2 is 1.74 bits per heavy atom. The molecule has 0 heterocycles. The van der Waals surface area contributed by atoms with Crippen molar-refractivity contribution in [1.29, 1.82) is 0 Å². The van der Waals surface area contributed by atoms with Gasteiger partial charge in [0, 0.05) is 6.42 Å². The number of alkyl carbamates (subject to hydrolysis) is 1. The number of carbonyl (C=O) groups excluding carboxylic acids is 3. The molecule has 0 aromatic heterocycles. The Balaban J connectivity index is 2.67. The molecule has 1 unspecified atom stereocenters. The SMILES string of the molecule is COC(=O)C(NC(=O)OC(C)(C)C)C(=O)CCc1ccccc1. The molecule has 0 fully saturated rings. The summed E-state index contributed by atoms with van der Waals surface area (Å²) < 4.78 is 9.65. The van der Waals surface area contributed by atoms with E-state index in [2.05, 4.69) is 10.1 Å². The first-order valence-corrected chi connectivity index (χ1v) is 7.37. The highest BCUT2D eigenvalue weighted by molar-refractivity contribution is 6.05. The lowest BCUT2D eigenvalue weighted by Gasteiger charge is -2.22. The Bertz CT molecular complexity index is 548. The van der Waals surface area contributed by atoms with Crippen LogP contribution >= 0.6 is 0 Å². The van der Waals surface area contributed by atoms with Crippen molar-refractivity contribution in [3.8, 4) is 0 Å². The number of Topliss-reactive ketones (excluding diaryl/α,β-unsaturated/α-hetero) is 1. The normalized spacial score (nSPS) is 12.2. The van der Waals surface area contributed by atoms with Crippen LogP contribution in [0, 0.1) is 0 Å². The van der Waals surface area contributed by atoms with E-state index >= 15 is 0 Å². The van der Waals surface area contributed by atoms with Crippen LogP contribution in [0.2, 0.25) is 0 Å². The maximum atomic E-state index is 12.2. The number of benzene rings is 1. The first-order valence-electron chi connectivity index (χ1n) is 7.37. The topological polar surface area (TPSA) is 81.7 Å². The molecule has 23 heavy (non-hydrogen) atoms. The summed E-state index contributed by atoms with van der Waals surface area (Å²) in [7, 11) is 1.16. The maximum absolute atomic E-state index is 12.2. The van der Waals surface area contributed by atoms with Gasteiger partial charge in [-0.1, -0.05) is 30.3 Å². The summed E-state index contributed by atoms with van der Waals surface area (Å²) in [5.74, 6) is -1.24. The van der Waals surface area contributed by atoms with Gasteiger partial charge in [0.05, 0.1) is 7.11 Å². The molecule has 0 aliphatic carbocycles. The maximum Gasteiger partial charge on any atom is 0.408 e. The third-order valence-electron chi connectivity index (χ3n) is 2.92. The van der Waals surface area contributed by atoms with E-state index in [4.69, 9.17) is 4.74 Å². The molecule has 0 saturated heterocycles. The van der Waals surface area contributed by atoms with Gasteiger partial charge < -0.3 is 14.8 Å². The molecule has 1 N–H and O–H groups in total. The minimum absolute atomic E-state index is 0.111. The van der Waals surface area contributed by atoms with Gasteiger partial charge in [0.15, 0.2) is 11.8 Å². The summed E-state index contributed by atoms with van der Waals surface area (Å²) in [6.45, 7) is 5.07. The van der Waals surface area contributed by atoms with Gasteiger partial charge in [-0.25, -0.2) is 9.59 Å². The molecular formula is C17H23NO5. The third kappa shape index (κ3) is 6.95. The van der Waals surface area contributed by atoms with E-state index in [9.17, 15) is 14.4 Å². The number of ether oxygens (including phenoxy) is 2. The number of nitrogens with one attached hydrogen (secondary N) is 1. The predicted molar refractivity (Wildman–Crippen MR) is 84.9 cm³/mol. The Morgan fingerprint density at radius 1 is 1.13 bits per heavy atom. The number of hydrogen-bond acceptors (Lipinski definition) is 5. The van der Waals surface area contributed by atoms with E-state index in [0.717, 1.165) is 12.7 Å². The highest BCUT2D eigenvalue weighted by Crippen LogP contribution is 2.09. The van der Waals surface area contributed by atoms with Gasteiger partial charge in [-0.3, -0.25) is 4.79 Å². The van der Waals surface area contributed by atoms with Gasteiger partial charge in [0.25, 0.3) is 0 Å². The highest BCUT2D eigenvalue weighted by atomic mass is 16.6. The zero-order chi connectivity index (χ0) is 17.5. The van der Waals surface area contributed by atoms with Crippen molar-refractivity contribution >= 4 is 17.8 Å². The fourth-order valence-electron chi connectivity index (χ4n) is 1.87. The van der Waals surface area contributed by atoms with Crippen LogP contribution in [0.25, 0.3) is 0 Å². The second-order valence-corrected chi connectivity index (χ2v) is 6.05. The molecular weight excluding hydrogens is 298 g/mol. The summed E-state index contributed by atoms with van der Waals surface area (Å²) >= 11 is 0. The van der Waals surface area contributed by atoms with E-state index < -0.39 is 29.5 Å². The number of hydrogen-bond donors (Lipinski definition) is 1. The fourth-order valence-corrected chi connectivity index (χ4v) is 1.87. The van der Waals surface area contributed by atoms with Crippen molar-refractivity contribution < 1.29 is 23.9 Å². The minimum atomic E-state index is -1.36. The van der Waals surface area contributed by atoms with E-state index in [1.165, 1.54) is 0 Å². The van der Waals surface area contributed by atoms with Gasteiger partial charge in [-0.05, 0) is 32.8 Å². The number of ketones is 1. The van der Waals surface area contributed by atoms with Crippen LogP contribution in [-0.2, 0) is 25.5 Å². The van der Waals surface area contributed by atoms with E-state index in [1.807, 2.05) is 30.3 Å². The van der Waals surface area contributed by atoms with Crippen molar-refractivity contribution in [2.75, 3.05) is 7.11 Å². The smallest absolute Gasteiger partial charge is 0.408 e. The van der Waals surface area contributed by atoms with E-state index in [0.29, 0.717) is 6.42 Å². The van der Waals surface area contributed by atoms with Crippen LogP contribution in [-0.4, -0.2) is 36.6 Å². The Morgan fingerprint density at radius 3 is 2.26 bits per heavy atom. The average Bonchev–Trinajstić information content (AvgIpc) is 2.49. The molecule has 1 amide bonds. The molecule has 6 nitrogen and oxygen atoms in total. The quantitative estimate of drug-likeness (QED) is 0.642. The number of esters is 1. The van der Waals surface area contributed by atoms with Gasteiger partial charge in [0.2, 0.25) is 0 Å². The third-order valence-corrected chi connectivity index (χ3v) is 2.92. The van der Waals surface area contributed by atoms with Crippen molar-refractivity contribution in [3.05, 3.63) is 35.9 Å². The minimum Gasteiger partial charge on any atom is -0.467 e. The van der Waals surface area contributed by atoms with E-state index in [-0.39, 0.29) is 6.42 Å². The number of carbonyl (C=O) groups is 3. The molecule has 126 valence electrons. The number of aryl methyl sites for hydroxylation is 1. The lowest BCUT2D eigenvalue weighted by Crippen LogP contribution is -2.48. The van der Waals surface area contributed by atoms with Crippen LogP contribution in [0.3, 0.4) is 0 Å². The fraction of sp³-hybridized carbons (Fsp3) is 0.471. The second kappa shape index (κ2) is 8.31. The molecule has 0 saturated carbocycles. The molecule has 0 spiro atoms. The van der Waals surface area contributed by atoms with Gasteiger partial charge in [-0.15, -0.1) is 0 Å².